The first-order valence-corrected chi connectivity index (χ1v) is 4.98. The van der Waals surface area contributed by atoms with Crippen molar-refractivity contribution in [1.29, 1.82) is 0 Å². The predicted octanol–water partition coefficient (Wildman–Crippen LogP) is 4.59. The van der Waals surface area contributed by atoms with E-state index in [1.807, 2.05) is 19.1 Å². The molecule has 0 amide bonds. The maximum absolute atomic E-state index is 4.04. The van der Waals surface area contributed by atoms with Gasteiger partial charge in [0.25, 0.3) is 0 Å². The van der Waals surface area contributed by atoms with Crippen LogP contribution < -0.4 is 0 Å². The van der Waals surface area contributed by atoms with Gasteiger partial charge in [0.1, 0.15) is 0 Å². The summed E-state index contributed by atoms with van der Waals surface area (Å²) < 4.78 is 0. The van der Waals surface area contributed by atoms with Crippen LogP contribution in [0.2, 0.25) is 0 Å². The Bertz CT molecular complexity index is 285. The first kappa shape index (κ1) is 12.7. The van der Waals surface area contributed by atoms with Crippen LogP contribution in [0.3, 0.4) is 0 Å². The van der Waals surface area contributed by atoms with Crippen molar-refractivity contribution >= 4 is 0 Å². The van der Waals surface area contributed by atoms with Crippen molar-refractivity contribution < 1.29 is 0 Å². The van der Waals surface area contributed by atoms with Crippen molar-refractivity contribution in [2.24, 2.45) is 0 Å². The van der Waals surface area contributed by atoms with Crippen LogP contribution in [-0.2, 0) is 0 Å². The van der Waals surface area contributed by atoms with Gasteiger partial charge in [-0.05, 0) is 37.0 Å². The Kier molecular flexibility index (Phi) is 6.47. The molecule has 0 saturated heterocycles. The summed E-state index contributed by atoms with van der Waals surface area (Å²) in [5.74, 6) is 0. The van der Waals surface area contributed by atoms with Gasteiger partial charge in [-0.15, -0.1) is 0 Å². The number of hydrogen-bond donors (Lipinski definition) is 0. The minimum atomic E-state index is 1.01. The Morgan fingerprint density at radius 2 is 1.93 bits per heavy atom. The second-order valence-electron chi connectivity index (χ2n) is 3.14. The van der Waals surface area contributed by atoms with Crippen LogP contribution in [0.5, 0.6) is 0 Å². The lowest BCUT2D eigenvalue weighted by Gasteiger charge is -2.07. The van der Waals surface area contributed by atoms with Crippen molar-refractivity contribution in [3.05, 3.63) is 60.3 Å². The average Bonchev–Trinajstić information content (AvgIpc) is 2.16. The molecule has 0 heteroatoms. The van der Waals surface area contributed by atoms with Gasteiger partial charge in [-0.3, -0.25) is 0 Å². The molecule has 0 atom stereocenters. The molecule has 0 aromatic rings. The quantitative estimate of drug-likeness (QED) is 0.554. The second-order valence-corrected chi connectivity index (χ2v) is 3.14. The molecule has 0 heterocycles. The van der Waals surface area contributed by atoms with E-state index in [1.54, 1.807) is 6.08 Å². The third kappa shape index (κ3) is 4.08. The van der Waals surface area contributed by atoms with Crippen molar-refractivity contribution in [2.45, 2.75) is 27.2 Å². The summed E-state index contributed by atoms with van der Waals surface area (Å²) in [5.41, 5.74) is 3.66. The number of rotatable bonds is 5. The van der Waals surface area contributed by atoms with Crippen LogP contribution in [0, 0.1) is 0 Å². The smallest absolute Gasteiger partial charge is 0.0294 e. The van der Waals surface area contributed by atoms with Crippen molar-refractivity contribution in [3.63, 3.8) is 0 Å². The summed E-state index contributed by atoms with van der Waals surface area (Å²) in [6, 6.07) is 0. The van der Waals surface area contributed by atoms with Crippen LogP contribution in [-0.4, -0.2) is 0 Å². The fourth-order valence-electron chi connectivity index (χ4n) is 1.39. The minimum absolute atomic E-state index is 1.01. The van der Waals surface area contributed by atoms with Gasteiger partial charge in [0.2, 0.25) is 0 Å². The lowest BCUT2D eigenvalue weighted by molar-refractivity contribution is 1.10. The Labute approximate surface area is 88.0 Å². The van der Waals surface area contributed by atoms with E-state index in [0.717, 1.165) is 12.0 Å². The second kappa shape index (κ2) is 7.14. The van der Waals surface area contributed by atoms with E-state index in [1.165, 1.54) is 11.1 Å². The van der Waals surface area contributed by atoms with E-state index in [9.17, 15) is 0 Å². The zero-order chi connectivity index (χ0) is 11.0. The highest BCUT2D eigenvalue weighted by Crippen LogP contribution is 2.19. The van der Waals surface area contributed by atoms with Gasteiger partial charge >= 0.3 is 0 Å². The van der Waals surface area contributed by atoms with E-state index in [0.29, 0.717) is 0 Å². The fraction of sp³-hybridized carbons (Fsp3) is 0.286. The molecule has 0 nitrogen and oxygen atoms in total. The van der Waals surface area contributed by atoms with Crippen LogP contribution in [0.25, 0.3) is 0 Å². The lowest BCUT2D eigenvalue weighted by Crippen LogP contribution is -1.87. The fourth-order valence-corrected chi connectivity index (χ4v) is 1.39. The zero-order valence-corrected chi connectivity index (χ0v) is 9.51. The van der Waals surface area contributed by atoms with Crippen molar-refractivity contribution in [3.8, 4) is 0 Å². The highest BCUT2D eigenvalue weighted by Gasteiger charge is 1.99. The molecule has 0 unspecified atom stereocenters. The first-order chi connectivity index (χ1) is 6.67. The Morgan fingerprint density at radius 1 is 1.29 bits per heavy atom. The van der Waals surface area contributed by atoms with Crippen LogP contribution >= 0.6 is 0 Å². The van der Waals surface area contributed by atoms with E-state index in [4.69, 9.17) is 0 Å². The van der Waals surface area contributed by atoms with Gasteiger partial charge in [-0.25, -0.2) is 0 Å². The molecule has 0 aliphatic heterocycles. The largest absolute Gasteiger partial charge is 0.0991 e. The molecule has 0 aliphatic rings. The van der Waals surface area contributed by atoms with Gasteiger partial charge < -0.3 is 0 Å². The number of allylic oxidation sites excluding steroid dienone is 8. The Morgan fingerprint density at radius 3 is 2.36 bits per heavy atom. The molecule has 0 aromatic carbocycles. The van der Waals surface area contributed by atoms with Crippen molar-refractivity contribution in [1.82, 2.24) is 0 Å². The highest BCUT2D eigenvalue weighted by molar-refractivity contribution is 5.43. The molecule has 0 saturated carbocycles. The molecule has 14 heavy (non-hydrogen) atoms. The summed E-state index contributed by atoms with van der Waals surface area (Å²) in [6.07, 6.45) is 10.9. The van der Waals surface area contributed by atoms with Crippen LogP contribution in [0.1, 0.15) is 27.2 Å². The molecule has 0 radical (unpaired) electrons. The summed E-state index contributed by atoms with van der Waals surface area (Å²) >= 11 is 0. The van der Waals surface area contributed by atoms with Gasteiger partial charge in [0.05, 0.1) is 0 Å². The number of hydrogen-bond acceptors (Lipinski definition) is 0. The third-order valence-corrected chi connectivity index (χ3v) is 2.07. The van der Waals surface area contributed by atoms with E-state index >= 15 is 0 Å². The van der Waals surface area contributed by atoms with E-state index in [-0.39, 0.29) is 0 Å². The van der Waals surface area contributed by atoms with Gasteiger partial charge in [-0.1, -0.05) is 50.5 Å². The van der Waals surface area contributed by atoms with Gasteiger partial charge in [0.15, 0.2) is 0 Å². The SMILES string of the molecule is C=CC=CC(=C)C(CC)=C(C)C=CC. The summed E-state index contributed by atoms with van der Waals surface area (Å²) in [4.78, 5) is 0. The molecule has 0 bridgehead atoms. The van der Waals surface area contributed by atoms with Gasteiger partial charge in [-0.2, -0.15) is 0 Å². The molecule has 76 valence electrons. The van der Waals surface area contributed by atoms with Crippen LogP contribution in [0.15, 0.2) is 60.3 Å². The standard InChI is InChI=1S/C14H20/c1-6-9-11-13(5)14(8-3)12(4)10-7-2/h6-7,9-11H,1,5,8H2,2-4H3. The summed E-state index contributed by atoms with van der Waals surface area (Å²) in [6.45, 7) is 14.0. The molecule has 0 fully saturated rings. The molecule has 0 aliphatic carbocycles. The monoisotopic (exact) mass is 188 g/mol. The summed E-state index contributed by atoms with van der Waals surface area (Å²) in [5, 5.41) is 0. The molecule has 0 spiro atoms. The first-order valence-electron chi connectivity index (χ1n) is 4.98. The highest BCUT2D eigenvalue weighted by atomic mass is 14.0. The Balaban J connectivity index is 4.88. The third-order valence-electron chi connectivity index (χ3n) is 2.07. The van der Waals surface area contributed by atoms with Gasteiger partial charge in [0, 0.05) is 0 Å². The topological polar surface area (TPSA) is 0 Å². The summed E-state index contributed by atoms with van der Waals surface area (Å²) in [7, 11) is 0. The predicted molar refractivity (Wildman–Crippen MR) is 66.3 cm³/mol. The maximum Gasteiger partial charge on any atom is -0.0294 e. The molecular weight excluding hydrogens is 168 g/mol. The molecular formula is C14H20. The lowest BCUT2D eigenvalue weighted by atomic mass is 9.99. The zero-order valence-electron chi connectivity index (χ0n) is 9.51. The normalized spacial score (nSPS) is 13.4. The minimum Gasteiger partial charge on any atom is -0.0991 e. The Hall–Kier alpha value is -1.30. The maximum atomic E-state index is 4.04. The van der Waals surface area contributed by atoms with E-state index in [2.05, 4.69) is 39.2 Å². The van der Waals surface area contributed by atoms with Crippen molar-refractivity contribution in [2.75, 3.05) is 0 Å². The average molecular weight is 188 g/mol. The van der Waals surface area contributed by atoms with E-state index < -0.39 is 0 Å². The molecule has 0 N–H and O–H groups in total. The molecule has 0 aromatic heterocycles. The van der Waals surface area contributed by atoms with Crippen LogP contribution in [0.4, 0.5) is 0 Å². The molecule has 0 rings (SSSR count).